The van der Waals surface area contributed by atoms with Gasteiger partial charge in [-0.2, -0.15) is 0 Å². The molecule has 8 heteroatoms. The van der Waals surface area contributed by atoms with Crippen molar-refractivity contribution >= 4 is 29.7 Å². The van der Waals surface area contributed by atoms with Crippen LogP contribution in [0.3, 0.4) is 0 Å². The number of esters is 1. The number of ether oxygens (including phenoxy) is 1. The zero-order valence-electron chi connectivity index (χ0n) is 16.6. The van der Waals surface area contributed by atoms with Gasteiger partial charge in [-0.3, -0.25) is 0 Å². The topological polar surface area (TPSA) is 86.3 Å². The second kappa shape index (κ2) is 6.43. The molecule has 0 aliphatic carbocycles. The maximum Gasteiger partial charge on any atom is 0.494 e. The first-order valence-corrected chi connectivity index (χ1v) is 9.11. The summed E-state index contributed by atoms with van der Waals surface area (Å²) in [6.07, 6.45) is 1.55. The van der Waals surface area contributed by atoms with Gasteiger partial charge in [0.25, 0.3) is 0 Å². The summed E-state index contributed by atoms with van der Waals surface area (Å²) in [5, 5.41) is 0. The van der Waals surface area contributed by atoms with Crippen LogP contribution in [0.15, 0.2) is 36.5 Å². The minimum atomic E-state index is -0.443. The summed E-state index contributed by atoms with van der Waals surface area (Å²) < 4.78 is 17.0. The zero-order valence-corrected chi connectivity index (χ0v) is 16.6. The Balaban J connectivity index is 1.64. The van der Waals surface area contributed by atoms with E-state index in [9.17, 15) is 4.79 Å². The Morgan fingerprint density at radius 3 is 2.32 bits per heavy atom. The molecule has 1 aliphatic heterocycles. The molecule has 0 bridgehead atoms. The molecule has 7 nitrogen and oxygen atoms in total. The molecular formula is C20H22BN3O4. The molecule has 2 aromatic heterocycles. The highest BCUT2D eigenvalue weighted by atomic mass is 16.7. The Bertz CT molecular complexity index is 1030. The third-order valence-electron chi connectivity index (χ3n) is 5.50. The van der Waals surface area contributed by atoms with Crippen LogP contribution in [0.1, 0.15) is 38.1 Å². The molecule has 4 rings (SSSR count). The van der Waals surface area contributed by atoms with Crippen molar-refractivity contribution in [2.45, 2.75) is 38.9 Å². The van der Waals surface area contributed by atoms with Gasteiger partial charge in [0.2, 0.25) is 0 Å². The molecular weight excluding hydrogens is 357 g/mol. The fourth-order valence-corrected chi connectivity index (χ4v) is 3.10. The average molecular weight is 379 g/mol. The molecule has 3 heterocycles. The van der Waals surface area contributed by atoms with E-state index in [2.05, 4.69) is 15.0 Å². The lowest BCUT2D eigenvalue weighted by molar-refractivity contribution is 0.00578. The SMILES string of the molecule is COC(=O)c1ccnc2[nH]c(-c3ccc(B4OC(C)(C)C(C)(C)O4)cc3)nc12. The van der Waals surface area contributed by atoms with E-state index in [-0.39, 0.29) is 11.2 Å². The first-order chi connectivity index (χ1) is 13.2. The number of hydrogen-bond donors (Lipinski definition) is 1. The minimum Gasteiger partial charge on any atom is -0.465 e. The molecule has 144 valence electrons. The van der Waals surface area contributed by atoms with Crippen LogP contribution in [0, 0.1) is 0 Å². The maximum atomic E-state index is 11.9. The van der Waals surface area contributed by atoms with Gasteiger partial charge < -0.3 is 19.0 Å². The van der Waals surface area contributed by atoms with Crippen molar-refractivity contribution in [1.29, 1.82) is 0 Å². The van der Waals surface area contributed by atoms with Crippen molar-refractivity contribution < 1.29 is 18.8 Å². The number of aromatic amines is 1. The highest BCUT2D eigenvalue weighted by Crippen LogP contribution is 2.36. The van der Waals surface area contributed by atoms with Crippen molar-refractivity contribution in [2.24, 2.45) is 0 Å². The van der Waals surface area contributed by atoms with Gasteiger partial charge in [0.1, 0.15) is 11.3 Å². The smallest absolute Gasteiger partial charge is 0.465 e. The quantitative estimate of drug-likeness (QED) is 0.556. The van der Waals surface area contributed by atoms with E-state index < -0.39 is 13.1 Å². The van der Waals surface area contributed by atoms with Crippen LogP contribution in [0.5, 0.6) is 0 Å². The highest BCUT2D eigenvalue weighted by molar-refractivity contribution is 6.62. The van der Waals surface area contributed by atoms with Gasteiger partial charge in [-0.1, -0.05) is 24.3 Å². The van der Waals surface area contributed by atoms with Crippen LogP contribution in [0.2, 0.25) is 0 Å². The van der Waals surface area contributed by atoms with Gasteiger partial charge >= 0.3 is 13.1 Å². The normalized spacial score (nSPS) is 17.8. The number of carbonyl (C=O) groups is 1. The van der Waals surface area contributed by atoms with E-state index in [0.29, 0.717) is 22.6 Å². The van der Waals surface area contributed by atoms with Gasteiger partial charge in [-0.05, 0) is 39.2 Å². The Hall–Kier alpha value is -2.71. The summed E-state index contributed by atoms with van der Waals surface area (Å²) in [4.78, 5) is 23.9. The lowest BCUT2D eigenvalue weighted by Crippen LogP contribution is -2.41. The van der Waals surface area contributed by atoms with Crippen molar-refractivity contribution in [2.75, 3.05) is 7.11 Å². The second-order valence-corrected chi connectivity index (χ2v) is 7.84. The number of H-pyrrole nitrogens is 1. The van der Waals surface area contributed by atoms with Crippen molar-refractivity contribution in [3.63, 3.8) is 0 Å². The molecule has 28 heavy (non-hydrogen) atoms. The number of fused-ring (bicyclic) bond motifs is 1. The highest BCUT2D eigenvalue weighted by Gasteiger charge is 2.51. The summed E-state index contributed by atoms with van der Waals surface area (Å²) in [5.74, 6) is 0.181. The fourth-order valence-electron chi connectivity index (χ4n) is 3.10. The summed E-state index contributed by atoms with van der Waals surface area (Å²) in [6.45, 7) is 8.12. The molecule has 3 aromatic rings. The molecule has 1 fully saturated rings. The third-order valence-corrected chi connectivity index (χ3v) is 5.50. The lowest BCUT2D eigenvalue weighted by atomic mass is 9.79. The molecule has 1 aliphatic rings. The average Bonchev–Trinajstić information content (AvgIpc) is 3.19. The monoisotopic (exact) mass is 379 g/mol. The van der Waals surface area contributed by atoms with Gasteiger partial charge in [-0.25, -0.2) is 14.8 Å². The second-order valence-electron chi connectivity index (χ2n) is 7.84. The summed E-state index contributed by atoms with van der Waals surface area (Å²) in [7, 11) is 0.929. The molecule has 0 atom stereocenters. The van der Waals surface area contributed by atoms with Crippen molar-refractivity contribution in [1.82, 2.24) is 15.0 Å². The number of nitrogens with zero attached hydrogens (tertiary/aromatic N) is 2. The van der Waals surface area contributed by atoms with Crippen LogP contribution < -0.4 is 5.46 Å². The predicted molar refractivity (Wildman–Crippen MR) is 106 cm³/mol. The number of hydrogen-bond acceptors (Lipinski definition) is 6. The van der Waals surface area contributed by atoms with Gasteiger partial charge in [0.15, 0.2) is 5.65 Å². The number of imidazole rings is 1. The fraction of sp³-hybridized carbons (Fsp3) is 0.350. The van der Waals surface area contributed by atoms with E-state index in [1.165, 1.54) is 7.11 Å². The molecule has 0 amide bonds. The number of pyridine rings is 1. The van der Waals surface area contributed by atoms with E-state index in [1.807, 2.05) is 52.0 Å². The molecule has 1 saturated heterocycles. The van der Waals surface area contributed by atoms with Crippen LogP contribution >= 0.6 is 0 Å². The van der Waals surface area contributed by atoms with Gasteiger partial charge in [0.05, 0.1) is 23.9 Å². The molecule has 0 saturated carbocycles. The Morgan fingerprint density at radius 2 is 1.71 bits per heavy atom. The zero-order chi connectivity index (χ0) is 20.1. The van der Waals surface area contributed by atoms with Crippen LogP contribution in [0.4, 0.5) is 0 Å². The number of methoxy groups -OCH3 is 1. The Labute approximate surface area is 163 Å². The van der Waals surface area contributed by atoms with E-state index in [0.717, 1.165) is 11.0 Å². The van der Waals surface area contributed by atoms with Crippen LogP contribution in [-0.4, -0.2) is 46.4 Å². The number of nitrogens with one attached hydrogen (secondary N) is 1. The van der Waals surface area contributed by atoms with Crippen molar-refractivity contribution in [3.05, 3.63) is 42.1 Å². The van der Waals surface area contributed by atoms with Crippen LogP contribution in [0.25, 0.3) is 22.6 Å². The third kappa shape index (κ3) is 2.98. The number of benzene rings is 1. The standard InChI is InChI=1S/C20H22BN3O4/c1-19(2)20(3,4)28-21(27-19)13-8-6-12(7-9-13)16-23-15-14(18(25)26-5)10-11-22-17(15)24-16/h6-11H,1-5H3,(H,22,23,24). The largest absolute Gasteiger partial charge is 0.494 e. The maximum absolute atomic E-state index is 11.9. The Morgan fingerprint density at radius 1 is 1.07 bits per heavy atom. The molecule has 1 aromatic carbocycles. The summed E-state index contributed by atoms with van der Waals surface area (Å²) in [6, 6.07) is 9.39. The molecule has 0 radical (unpaired) electrons. The first kappa shape index (κ1) is 18.6. The van der Waals surface area contributed by atoms with Gasteiger partial charge in [0, 0.05) is 11.8 Å². The molecule has 0 spiro atoms. The minimum absolute atomic E-state index is 0.379. The first-order valence-electron chi connectivity index (χ1n) is 9.11. The Kier molecular flexibility index (Phi) is 4.28. The lowest BCUT2D eigenvalue weighted by Gasteiger charge is -2.32. The number of aromatic nitrogens is 3. The molecule has 1 N–H and O–H groups in total. The van der Waals surface area contributed by atoms with Crippen molar-refractivity contribution in [3.8, 4) is 11.4 Å². The van der Waals surface area contributed by atoms with E-state index in [4.69, 9.17) is 14.0 Å². The van der Waals surface area contributed by atoms with E-state index in [1.54, 1.807) is 12.3 Å². The number of rotatable bonds is 3. The van der Waals surface area contributed by atoms with Crippen LogP contribution in [-0.2, 0) is 14.0 Å². The summed E-state index contributed by atoms with van der Waals surface area (Å²) in [5.41, 5.74) is 2.44. The van der Waals surface area contributed by atoms with E-state index >= 15 is 0 Å². The number of carbonyl (C=O) groups excluding carboxylic acids is 1. The predicted octanol–water partition coefficient (Wildman–Crippen LogP) is 2.71. The summed E-state index contributed by atoms with van der Waals surface area (Å²) >= 11 is 0. The molecule has 0 unspecified atom stereocenters. The van der Waals surface area contributed by atoms with Gasteiger partial charge in [-0.15, -0.1) is 0 Å².